The summed E-state index contributed by atoms with van der Waals surface area (Å²) in [6.07, 6.45) is 7.76. The Kier molecular flexibility index (Phi) is 5.47. The maximum absolute atomic E-state index is 14.1. The minimum atomic E-state index is -0.225. The van der Waals surface area contributed by atoms with Crippen LogP contribution in [0.25, 0.3) is 33.4 Å². The van der Waals surface area contributed by atoms with Gasteiger partial charge in [0.15, 0.2) is 0 Å². The zero-order valence-electron chi connectivity index (χ0n) is 20.8. The summed E-state index contributed by atoms with van der Waals surface area (Å²) in [4.78, 5) is 22.6. The van der Waals surface area contributed by atoms with Gasteiger partial charge in [0.2, 0.25) is 5.89 Å². The van der Waals surface area contributed by atoms with E-state index in [-0.39, 0.29) is 29.4 Å². The topological polar surface area (TPSA) is 143 Å². The summed E-state index contributed by atoms with van der Waals surface area (Å²) in [5, 5.41) is 17.4. The highest BCUT2D eigenvalue weighted by molar-refractivity contribution is 5.96. The zero-order chi connectivity index (χ0) is 25.7. The van der Waals surface area contributed by atoms with Gasteiger partial charge in [-0.15, -0.1) is 10.2 Å². The number of nitrogen functional groups attached to an aromatic ring is 1. The molecule has 5 aromatic rings. The molecule has 11 nitrogen and oxygen atoms in total. The normalized spacial score (nSPS) is 14.2. The molecule has 0 aliphatic heterocycles. The standard InChI is InChI=1S/C26H27N9O2/c1-4-19(31-24-22(23(27)28-13-29-24)25-33-32-14(2)37-25)20-10-15-6-5-7-18(16-11-30-34(3)12-16)21(15)26(36)35(20)17-8-9-17/h5-7,10-13,17,19H,4,8-9H2,1-3H3,(H3,27,28,29,31). The average Bonchev–Trinajstić information content (AvgIpc) is 3.48. The highest BCUT2D eigenvalue weighted by Gasteiger charge is 2.31. The van der Waals surface area contributed by atoms with Crippen molar-refractivity contribution in [3.63, 3.8) is 0 Å². The molecule has 1 unspecified atom stereocenters. The van der Waals surface area contributed by atoms with Crippen molar-refractivity contribution in [1.82, 2.24) is 34.5 Å². The molecule has 0 spiro atoms. The quantitative estimate of drug-likeness (QED) is 0.341. The molecule has 4 aromatic heterocycles. The molecule has 11 heteroatoms. The number of nitrogens with two attached hydrogens (primary N) is 1. The largest absolute Gasteiger partial charge is 0.421 e. The van der Waals surface area contributed by atoms with Crippen molar-refractivity contribution < 1.29 is 4.42 Å². The van der Waals surface area contributed by atoms with Crippen LogP contribution < -0.4 is 16.6 Å². The Morgan fingerprint density at radius 3 is 2.76 bits per heavy atom. The number of anilines is 2. The van der Waals surface area contributed by atoms with Crippen LogP contribution in [0.5, 0.6) is 0 Å². The van der Waals surface area contributed by atoms with Gasteiger partial charge in [-0.05, 0) is 36.3 Å². The fraction of sp³-hybridized carbons (Fsp3) is 0.308. The number of aryl methyl sites for hydroxylation is 2. The van der Waals surface area contributed by atoms with Crippen LogP contribution in [0.15, 0.2) is 52.2 Å². The molecule has 37 heavy (non-hydrogen) atoms. The van der Waals surface area contributed by atoms with Gasteiger partial charge in [-0.1, -0.05) is 25.1 Å². The lowest BCUT2D eigenvalue weighted by Crippen LogP contribution is -2.27. The van der Waals surface area contributed by atoms with Crippen LogP contribution in [0.4, 0.5) is 11.6 Å². The Bertz CT molecular complexity index is 1680. The summed E-state index contributed by atoms with van der Waals surface area (Å²) < 4.78 is 9.33. The Morgan fingerprint density at radius 2 is 2.08 bits per heavy atom. The summed E-state index contributed by atoms with van der Waals surface area (Å²) in [6, 6.07) is 7.99. The first-order chi connectivity index (χ1) is 17.9. The fourth-order valence-electron chi connectivity index (χ4n) is 4.84. The van der Waals surface area contributed by atoms with E-state index in [2.05, 4.69) is 43.6 Å². The van der Waals surface area contributed by atoms with Crippen LogP contribution >= 0.6 is 0 Å². The number of benzene rings is 1. The smallest absolute Gasteiger partial charge is 0.259 e. The van der Waals surface area contributed by atoms with Crippen LogP contribution in [0.3, 0.4) is 0 Å². The van der Waals surface area contributed by atoms with Crippen LogP contribution in [0.2, 0.25) is 0 Å². The molecule has 3 N–H and O–H groups in total. The third-order valence-corrected chi connectivity index (χ3v) is 6.73. The number of pyridine rings is 1. The van der Waals surface area contributed by atoms with E-state index in [1.165, 1.54) is 6.33 Å². The number of nitrogens with one attached hydrogen (secondary N) is 1. The first-order valence-electron chi connectivity index (χ1n) is 12.3. The van der Waals surface area contributed by atoms with E-state index in [9.17, 15) is 4.79 Å². The maximum atomic E-state index is 14.1. The SMILES string of the molecule is CCC(Nc1ncnc(N)c1-c1nnc(C)o1)c1cc2cccc(-c3cnn(C)c3)c2c(=O)n1C1CC1. The molecule has 0 bridgehead atoms. The molecule has 0 radical (unpaired) electrons. The minimum Gasteiger partial charge on any atom is -0.421 e. The first kappa shape index (κ1) is 22.9. The van der Waals surface area contributed by atoms with Gasteiger partial charge in [-0.2, -0.15) is 5.10 Å². The monoisotopic (exact) mass is 497 g/mol. The molecule has 6 rings (SSSR count). The van der Waals surface area contributed by atoms with Gasteiger partial charge < -0.3 is 20.0 Å². The van der Waals surface area contributed by atoms with Gasteiger partial charge in [0.25, 0.3) is 11.4 Å². The molecule has 188 valence electrons. The molecule has 0 amide bonds. The van der Waals surface area contributed by atoms with E-state index in [4.69, 9.17) is 10.2 Å². The van der Waals surface area contributed by atoms with Crippen LogP contribution in [-0.2, 0) is 7.05 Å². The Balaban J connectivity index is 1.50. The summed E-state index contributed by atoms with van der Waals surface area (Å²) in [5.74, 6) is 1.36. The average molecular weight is 498 g/mol. The molecule has 1 atom stereocenters. The second kappa shape index (κ2) is 8.84. The highest BCUT2D eigenvalue weighted by atomic mass is 16.4. The van der Waals surface area contributed by atoms with Crippen LogP contribution in [0.1, 0.15) is 49.9 Å². The maximum Gasteiger partial charge on any atom is 0.259 e. The first-order valence-corrected chi connectivity index (χ1v) is 12.3. The van der Waals surface area contributed by atoms with E-state index in [0.29, 0.717) is 29.1 Å². The summed E-state index contributed by atoms with van der Waals surface area (Å²) >= 11 is 0. The lowest BCUT2D eigenvalue weighted by Gasteiger charge is -2.24. The molecular formula is C26H27N9O2. The third-order valence-electron chi connectivity index (χ3n) is 6.73. The summed E-state index contributed by atoms with van der Waals surface area (Å²) in [6.45, 7) is 3.78. The lowest BCUT2D eigenvalue weighted by atomic mass is 9.99. The molecular weight excluding hydrogens is 470 g/mol. The van der Waals surface area contributed by atoms with Crippen molar-refractivity contribution in [3.8, 4) is 22.6 Å². The molecule has 0 saturated heterocycles. The molecule has 4 heterocycles. The molecule has 1 aliphatic rings. The van der Waals surface area contributed by atoms with Crippen molar-refractivity contribution in [2.24, 2.45) is 7.05 Å². The predicted octanol–water partition coefficient (Wildman–Crippen LogP) is 4.03. The minimum absolute atomic E-state index is 0.00431. The van der Waals surface area contributed by atoms with E-state index >= 15 is 0 Å². The summed E-state index contributed by atoms with van der Waals surface area (Å²) in [7, 11) is 1.87. The number of nitrogens with zero attached hydrogens (tertiary/aromatic N) is 7. The Hall–Kier alpha value is -4.54. The second-order valence-electron chi connectivity index (χ2n) is 9.36. The summed E-state index contributed by atoms with van der Waals surface area (Å²) in [5.41, 5.74) is 9.35. The van der Waals surface area contributed by atoms with Crippen molar-refractivity contribution in [1.29, 1.82) is 0 Å². The number of hydrogen-bond donors (Lipinski definition) is 2. The number of rotatable bonds is 7. The van der Waals surface area contributed by atoms with Gasteiger partial charge in [-0.3, -0.25) is 9.48 Å². The van der Waals surface area contributed by atoms with E-state index in [1.54, 1.807) is 17.8 Å². The molecule has 1 saturated carbocycles. The lowest BCUT2D eigenvalue weighted by molar-refractivity contribution is 0.532. The molecule has 1 aromatic carbocycles. The Labute approximate surface area is 212 Å². The predicted molar refractivity (Wildman–Crippen MR) is 140 cm³/mol. The molecule has 1 fully saturated rings. The van der Waals surface area contributed by atoms with Crippen LogP contribution in [-0.4, -0.2) is 34.5 Å². The van der Waals surface area contributed by atoms with Gasteiger partial charge >= 0.3 is 0 Å². The zero-order valence-corrected chi connectivity index (χ0v) is 20.8. The highest BCUT2D eigenvalue weighted by Crippen LogP contribution is 2.39. The fourth-order valence-corrected chi connectivity index (χ4v) is 4.84. The van der Waals surface area contributed by atoms with E-state index in [1.807, 2.05) is 36.0 Å². The van der Waals surface area contributed by atoms with Crippen molar-refractivity contribution in [2.75, 3.05) is 11.1 Å². The Morgan fingerprint density at radius 1 is 1.24 bits per heavy atom. The van der Waals surface area contributed by atoms with Gasteiger partial charge in [0.1, 0.15) is 23.5 Å². The van der Waals surface area contributed by atoms with Crippen molar-refractivity contribution >= 4 is 22.4 Å². The third kappa shape index (κ3) is 4.02. The second-order valence-corrected chi connectivity index (χ2v) is 9.36. The van der Waals surface area contributed by atoms with Gasteiger partial charge in [0.05, 0.1) is 17.6 Å². The number of fused-ring (bicyclic) bond motifs is 1. The van der Waals surface area contributed by atoms with Gasteiger partial charge in [-0.25, -0.2) is 9.97 Å². The number of hydrogen-bond acceptors (Lipinski definition) is 9. The number of aromatic nitrogens is 7. The van der Waals surface area contributed by atoms with Crippen molar-refractivity contribution in [2.45, 2.75) is 45.2 Å². The van der Waals surface area contributed by atoms with Gasteiger partial charge in [0, 0.05) is 37.5 Å². The van der Waals surface area contributed by atoms with E-state index < -0.39 is 0 Å². The van der Waals surface area contributed by atoms with E-state index in [0.717, 1.165) is 35.0 Å². The van der Waals surface area contributed by atoms with Crippen LogP contribution in [0, 0.1) is 6.92 Å². The molecule has 1 aliphatic carbocycles. The van der Waals surface area contributed by atoms with Crippen molar-refractivity contribution in [3.05, 3.63) is 64.9 Å².